The van der Waals surface area contributed by atoms with Crippen molar-refractivity contribution in [2.45, 2.75) is 118 Å². The van der Waals surface area contributed by atoms with Crippen LogP contribution < -0.4 is 0 Å². The molecule has 0 fully saturated rings. The molecule has 2 atom stereocenters. The van der Waals surface area contributed by atoms with E-state index >= 15 is 0 Å². The molecular formula is C22H46OSn. The van der Waals surface area contributed by atoms with Gasteiger partial charge in [0.1, 0.15) is 0 Å². The van der Waals surface area contributed by atoms with Gasteiger partial charge in [0.15, 0.2) is 0 Å². The normalized spacial score (nSPS) is 15.1. The van der Waals surface area contributed by atoms with Crippen LogP contribution in [0, 0.1) is 5.92 Å². The zero-order valence-electron chi connectivity index (χ0n) is 17.4. The fourth-order valence-electron chi connectivity index (χ4n) is 3.77. The van der Waals surface area contributed by atoms with Crippen molar-refractivity contribution in [2.24, 2.45) is 5.92 Å². The average molecular weight is 445 g/mol. The second kappa shape index (κ2) is 15.7. The van der Waals surface area contributed by atoms with E-state index < -0.39 is 18.4 Å². The van der Waals surface area contributed by atoms with E-state index in [-0.39, 0.29) is 6.10 Å². The van der Waals surface area contributed by atoms with Crippen LogP contribution in [0.2, 0.25) is 13.3 Å². The maximum absolute atomic E-state index is 10.0. The van der Waals surface area contributed by atoms with Crippen molar-refractivity contribution in [1.82, 2.24) is 0 Å². The van der Waals surface area contributed by atoms with E-state index in [0.29, 0.717) is 5.92 Å². The first-order chi connectivity index (χ1) is 11.5. The molecule has 0 radical (unpaired) electrons. The van der Waals surface area contributed by atoms with Crippen molar-refractivity contribution < 1.29 is 5.11 Å². The zero-order valence-corrected chi connectivity index (χ0v) is 20.3. The van der Waals surface area contributed by atoms with Crippen molar-refractivity contribution in [2.75, 3.05) is 0 Å². The van der Waals surface area contributed by atoms with Crippen LogP contribution in [0.3, 0.4) is 0 Å². The van der Waals surface area contributed by atoms with Gasteiger partial charge in [0, 0.05) is 0 Å². The summed E-state index contributed by atoms with van der Waals surface area (Å²) in [6.07, 6.45) is 15.0. The molecule has 0 saturated carbocycles. The third kappa shape index (κ3) is 12.0. The fourth-order valence-corrected chi connectivity index (χ4v) is 18.2. The van der Waals surface area contributed by atoms with E-state index in [1.165, 1.54) is 44.9 Å². The van der Waals surface area contributed by atoms with Gasteiger partial charge in [0.25, 0.3) is 0 Å². The van der Waals surface area contributed by atoms with Crippen LogP contribution in [0.5, 0.6) is 0 Å². The van der Waals surface area contributed by atoms with Crippen LogP contribution in [0.25, 0.3) is 0 Å². The second-order valence-electron chi connectivity index (χ2n) is 8.09. The monoisotopic (exact) mass is 446 g/mol. The van der Waals surface area contributed by atoms with E-state index in [1.54, 1.807) is 13.3 Å². The van der Waals surface area contributed by atoms with Crippen LogP contribution in [0.1, 0.15) is 98.8 Å². The van der Waals surface area contributed by atoms with E-state index in [0.717, 1.165) is 19.3 Å². The third-order valence-corrected chi connectivity index (χ3v) is 19.6. The molecule has 2 heteroatoms. The van der Waals surface area contributed by atoms with Crippen LogP contribution in [-0.2, 0) is 0 Å². The Morgan fingerprint density at radius 1 is 0.833 bits per heavy atom. The molecule has 0 saturated heterocycles. The SMILES string of the molecule is CCC[CH2][Sn]([CH]=CCC(C)CC(O)CCC)([CH2]CCC)[CH2]CCC. The molecule has 0 spiro atoms. The van der Waals surface area contributed by atoms with Crippen molar-refractivity contribution in [3.8, 4) is 0 Å². The van der Waals surface area contributed by atoms with Crippen LogP contribution >= 0.6 is 0 Å². The number of hydrogen-bond donors (Lipinski definition) is 1. The van der Waals surface area contributed by atoms with E-state index in [2.05, 4.69) is 44.8 Å². The number of aliphatic hydroxyl groups excluding tert-OH is 1. The van der Waals surface area contributed by atoms with E-state index in [4.69, 9.17) is 0 Å². The number of aliphatic hydroxyl groups is 1. The molecule has 0 bridgehead atoms. The quantitative estimate of drug-likeness (QED) is 0.244. The van der Waals surface area contributed by atoms with E-state index in [1.807, 2.05) is 0 Å². The Labute approximate surface area is 157 Å². The molecule has 0 aromatic rings. The number of hydrogen-bond acceptors (Lipinski definition) is 1. The van der Waals surface area contributed by atoms with Gasteiger partial charge < -0.3 is 0 Å². The molecule has 0 rings (SSSR count). The molecule has 0 amide bonds. The maximum atomic E-state index is 10.0. The first kappa shape index (κ1) is 24.5. The molecule has 0 heterocycles. The van der Waals surface area contributed by atoms with Crippen molar-refractivity contribution in [3.05, 3.63) is 10.2 Å². The topological polar surface area (TPSA) is 20.2 Å². The predicted octanol–water partition coefficient (Wildman–Crippen LogP) is 7.51. The van der Waals surface area contributed by atoms with Gasteiger partial charge in [0.05, 0.1) is 0 Å². The molecule has 144 valence electrons. The number of unbranched alkanes of at least 4 members (excludes halogenated alkanes) is 3. The summed E-state index contributed by atoms with van der Waals surface area (Å²) in [5, 5.41) is 10.0. The van der Waals surface area contributed by atoms with E-state index in [9.17, 15) is 5.11 Å². The summed E-state index contributed by atoms with van der Waals surface area (Å²) in [6, 6.07) is 0. The Morgan fingerprint density at radius 3 is 1.75 bits per heavy atom. The van der Waals surface area contributed by atoms with Gasteiger partial charge in [-0.25, -0.2) is 0 Å². The Hall–Kier alpha value is 0.499. The third-order valence-electron chi connectivity index (χ3n) is 5.39. The minimum atomic E-state index is -2.07. The van der Waals surface area contributed by atoms with Gasteiger partial charge in [-0.2, -0.15) is 0 Å². The second-order valence-corrected chi connectivity index (χ2v) is 21.1. The van der Waals surface area contributed by atoms with Crippen LogP contribution in [0.15, 0.2) is 10.2 Å². The summed E-state index contributed by atoms with van der Waals surface area (Å²) in [7, 11) is 0. The predicted molar refractivity (Wildman–Crippen MR) is 113 cm³/mol. The molecular weight excluding hydrogens is 399 g/mol. The first-order valence-electron chi connectivity index (χ1n) is 10.9. The molecule has 2 unspecified atom stereocenters. The van der Waals surface area contributed by atoms with Crippen molar-refractivity contribution >= 4 is 18.4 Å². The first-order valence-corrected chi connectivity index (χ1v) is 18.6. The summed E-state index contributed by atoms with van der Waals surface area (Å²) in [5.41, 5.74) is 0. The van der Waals surface area contributed by atoms with Gasteiger partial charge in [0.2, 0.25) is 0 Å². The molecule has 1 N–H and O–H groups in total. The Bertz CT molecular complexity index is 279. The molecule has 0 aliphatic heterocycles. The Balaban J connectivity index is 4.72. The van der Waals surface area contributed by atoms with Crippen molar-refractivity contribution in [3.63, 3.8) is 0 Å². The summed E-state index contributed by atoms with van der Waals surface area (Å²) in [6.45, 7) is 11.5. The minimum absolute atomic E-state index is 0.0908. The molecule has 0 aromatic carbocycles. The van der Waals surface area contributed by atoms with Crippen molar-refractivity contribution in [1.29, 1.82) is 0 Å². The standard InChI is InChI=1S/C10H19O.3C4H9.Sn/c1-4-6-9(3)8-10(11)7-5-2;3*1-3-4-2;/h1,4,9-11H,5-8H2,2-3H3;3*1,3-4H2,2H3;. The van der Waals surface area contributed by atoms with Gasteiger partial charge >= 0.3 is 158 Å². The molecule has 24 heavy (non-hydrogen) atoms. The summed E-state index contributed by atoms with van der Waals surface area (Å²) >= 11 is -2.07. The molecule has 0 aliphatic rings. The number of allylic oxidation sites excluding steroid dienone is 1. The zero-order chi connectivity index (χ0) is 18.3. The van der Waals surface area contributed by atoms with Gasteiger partial charge in [-0.1, -0.05) is 0 Å². The molecule has 0 aromatic heterocycles. The van der Waals surface area contributed by atoms with Crippen LogP contribution in [-0.4, -0.2) is 29.6 Å². The summed E-state index contributed by atoms with van der Waals surface area (Å²) < 4.78 is 7.48. The average Bonchev–Trinajstić information content (AvgIpc) is 2.56. The fraction of sp³-hybridized carbons (Fsp3) is 0.909. The van der Waals surface area contributed by atoms with Gasteiger partial charge in [-0.3, -0.25) is 0 Å². The van der Waals surface area contributed by atoms with Gasteiger partial charge in [-0.05, 0) is 0 Å². The van der Waals surface area contributed by atoms with Gasteiger partial charge in [-0.15, -0.1) is 0 Å². The Morgan fingerprint density at radius 2 is 1.33 bits per heavy atom. The molecule has 1 nitrogen and oxygen atoms in total. The molecule has 0 aliphatic carbocycles. The number of rotatable bonds is 16. The Kier molecular flexibility index (Phi) is 16.1. The van der Waals surface area contributed by atoms with Crippen LogP contribution in [0.4, 0.5) is 0 Å². The summed E-state index contributed by atoms with van der Waals surface area (Å²) in [4.78, 5) is 0. The summed E-state index contributed by atoms with van der Waals surface area (Å²) in [5.74, 6) is 0.621.